The molecule has 0 spiro atoms. The van der Waals surface area contributed by atoms with Crippen LogP contribution in [0, 0.1) is 11.3 Å². The Balaban J connectivity index is 4.38. The summed E-state index contributed by atoms with van der Waals surface area (Å²) in [6.07, 6.45) is -0.358. The second kappa shape index (κ2) is 6.74. The van der Waals surface area contributed by atoms with Crippen molar-refractivity contribution in [2.75, 3.05) is 7.11 Å². The fraction of sp³-hybridized carbons (Fsp3) is 0.727. The highest BCUT2D eigenvalue weighted by Crippen LogP contribution is 2.08. The number of nitrogens with zero attached hydrogens (tertiary/aromatic N) is 1. The molecule has 0 aliphatic rings. The van der Waals surface area contributed by atoms with Crippen molar-refractivity contribution in [3.8, 4) is 6.07 Å². The van der Waals surface area contributed by atoms with Crippen molar-refractivity contribution in [1.82, 2.24) is 5.32 Å². The molecule has 0 aromatic carbocycles. The molecule has 0 heterocycles. The number of nitrogens with one attached hydrogen (secondary N) is 1. The zero-order valence-electron chi connectivity index (χ0n) is 10.6. The number of carbonyl (C=O) groups excluding carboxylic acids is 2. The maximum absolute atomic E-state index is 11.4. The van der Waals surface area contributed by atoms with E-state index in [1.807, 2.05) is 6.07 Å². The van der Waals surface area contributed by atoms with Gasteiger partial charge >= 0.3 is 12.1 Å². The largest absolute Gasteiger partial charge is 0.467 e. The smallest absolute Gasteiger partial charge is 0.408 e. The zero-order chi connectivity index (χ0) is 13.5. The van der Waals surface area contributed by atoms with Crippen molar-refractivity contribution in [2.45, 2.75) is 45.3 Å². The lowest BCUT2D eigenvalue weighted by Gasteiger charge is -2.22. The average Bonchev–Trinajstić information content (AvgIpc) is 2.20. The van der Waals surface area contributed by atoms with Gasteiger partial charge in [-0.05, 0) is 27.2 Å². The lowest BCUT2D eigenvalue weighted by molar-refractivity contribution is -0.143. The Hall–Kier alpha value is -1.77. The minimum atomic E-state index is -0.852. The molecule has 1 unspecified atom stereocenters. The van der Waals surface area contributed by atoms with Gasteiger partial charge < -0.3 is 14.8 Å². The van der Waals surface area contributed by atoms with Gasteiger partial charge in [0.05, 0.1) is 13.2 Å². The Labute approximate surface area is 101 Å². The van der Waals surface area contributed by atoms with E-state index in [1.54, 1.807) is 20.8 Å². The van der Waals surface area contributed by atoms with Gasteiger partial charge in [-0.15, -0.1) is 0 Å². The maximum atomic E-state index is 11.4. The molecule has 1 N–H and O–H groups in total. The van der Waals surface area contributed by atoms with E-state index in [2.05, 4.69) is 10.1 Å². The standard InChI is InChI=1S/C11H18N2O4/c1-11(2,3)17-10(15)13-8(6-5-7-12)9(14)16-4/h8H,5-6H2,1-4H3,(H,13,15). The van der Waals surface area contributed by atoms with E-state index >= 15 is 0 Å². The third-order valence-corrected chi connectivity index (χ3v) is 1.72. The van der Waals surface area contributed by atoms with E-state index in [-0.39, 0.29) is 12.8 Å². The minimum Gasteiger partial charge on any atom is -0.467 e. The molecule has 0 fully saturated rings. The summed E-state index contributed by atoms with van der Waals surface area (Å²) in [6.45, 7) is 5.15. The number of methoxy groups -OCH3 is 1. The Morgan fingerprint density at radius 1 is 1.41 bits per heavy atom. The van der Waals surface area contributed by atoms with Gasteiger partial charge in [-0.1, -0.05) is 0 Å². The predicted molar refractivity (Wildman–Crippen MR) is 60.0 cm³/mol. The minimum absolute atomic E-state index is 0.148. The number of ether oxygens (including phenoxy) is 2. The molecule has 1 atom stereocenters. The third kappa shape index (κ3) is 7.17. The predicted octanol–water partition coefficient (Wildman–Crippen LogP) is 1.36. The molecule has 0 radical (unpaired) electrons. The van der Waals surface area contributed by atoms with Crippen molar-refractivity contribution in [3.05, 3.63) is 0 Å². The molecule has 0 aliphatic heterocycles. The molecule has 6 nitrogen and oxygen atoms in total. The van der Waals surface area contributed by atoms with E-state index in [1.165, 1.54) is 7.11 Å². The number of carbonyl (C=O) groups is 2. The van der Waals surface area contributed by atoms with Gasteiger partial charge in [0.15, 0.2) is 0 Å². The van der Waals surface area contributed by atoms with Crippen molar-refractivity contribution in [1.29, 1.82) is 5.26 Å². The molecule has 0 aliphatic carbocycles. The fourth-order valence-corrected chi connectivity index (χ4v) is 1.05. The Morgan fingerprint density at radius 3 is 2.41 bits per heavy atom. The molecule has 96 valence electrons. The van der Waals surface area contributed by atoms with Crippen molar-refractivity contribution in [3.63, 3.8) is 0 Å². The van der Waals surface area contributed by atoms with E-state index in [9.17, 15) is 9.59 Å². The summed E-state index contributed by atoms with van der Waals surface area (Å²) < 4.78 is 9.52. The lowest BCUT2D eigenvalue weighted by atomic mass is 10.1. The zero-order valence-corrected chi connectivity index (χ0v) is 10.6. The summed E-state index contributed by atoms with van der Waals surface area (Å²) in [6, 6.07) is 1.05. The van der Waals surface area contributed by atoms with Gasteiger partial charge in [-0.25, -0.2) is 9.59 Å². The summed E-state index contributed by atoms with van der Waals surface area (Å²) in [5.41, 5.74) is -0.639. The van der Waals surface area contributed by atoms with Crippen LogP contribution in [0.1, 0.15) is 33.6 Å². The van der Waals surface area contributed by atoms with Crippen LogP contribution in [-0.2, 0) is 14.3 Å². The molecule has 0 aromatic heterocycles. The first-order chi connectivity index (χ1) is 7.80. The average molecular weight is 242 g/mol. The second-order valence-electron chi connectivity index (χ2n) is 4.42. The molecule has 6 heteroatoms. The van der Waals surface area contributed by atoms with Crippen molar-refractivity contribution >= 4 is 12.1 Å². The monoisotopic (exact) mass is 242 g/mol. The molecule has 0 saturated heterocycles. The van der Waals surface area contributed by atoms with Crippen LogP contribution in [0.2, 0.25) is 0 Å². The fourth-order valence-electron chi connectivity index (χ4n) is 1.05. The van der Waals surface area contributed by atoms with Crippen LogP contribution in [-0.4, -0.2) is 30.8 Å². The number of amides is 1. The van der Waals surface area contributed by atoms with E-state index < -0.39 is 23.7 Å². The van der Waals surface area contributed by atoms with Gasteiger partial charge in [0.25, 0.3) is 0 Å². The van der Waals surface area contributed by atoms with E-state index in [0.717, 1.165) is 0 Å². The van der Waals surface area contributed by atoms with Gasteiger partial charge in [-0.2, -0.15) is 5.26 Å². The highest BCUT2D eigenvalue weighted by molar-refractivity contribution is 5.81. The van der Waals surface area contributed by atoms with Gasteiger partial charge in [-0.3, -0.25) is 0 Å². The van der Waals surface area contributed by atoms with Crippen LogP contribution >= 0.6 is 0 Å². The summed E-state index contributed by atoms with van der Waals surface area (Å²) >= 11 is 0. The summed E-state index contributed by atoms with van der Waals surface area (Å²) in [5.74, 6) is -0.592. The first-order valence-electron chi connectivity index (χ1n) is 5.24. The highest BCUT2D eigenvalue weighted by atomic mass is 16.6. The van der Waals surface area contributed by atoms with Crippen LogP contribution < -0.4 is 5.32 Å². The number of nitriles is 1. The maximum Gasteiger partial charge on any atom is 0.408 e. The summed E-state index contributed by atoms with van der Waals surface area (Å²) in [5, 5.41) is 10.8. The van der Waals surface area contributed by atoms with E-state index in [0.29, 0.717) is 0 Å². The molecule has 0 aromatic rings. The number of hydrogen-bond donors (Lipinski definition) is 1. The number of esters is 1. The molecular weight excluding hydrogens is 224 g/mol. The number of alkyl carbamates (subject to hydrolysis) is 1. The first kappa shape index (κ1) is 15.2. The molecule has 17 heavy (non-hydrogen) atoms. The van der Waals surface area contributed by atoms with E-state index in [4.69, 9.17) is 10.00 Å². The second-order valence-corrected chi connectivity index (χ2v) is 4.42. The first-order valence-corrected chi connectivity index (χ1v) is 5.24. The molecule has 1 amide bonds. The number of hydrogen-bond acceptors (Lipinski definition) is 5. The normalized spacial score (nSPS) is 12.2. The van der Waals surface area contributed by atoms with Crippen LogP contribution in [0.15, 0.2) is 0 Å². The van der Waals surface area contributed by atoms with Crippen molar-refractivity contribution < 1.29 is 19.1 Å². The van der Waals surface area contributed by atoms with Gasteiger partial charge in [0.2, 0.25) is 0 Å². The highest BCUT2D eigenvalue weighted by Gasteiger charge is 2.24. The Morgan fingerprint density at radius 2 is 2.00 bits per heavy atom. The molecule has 0 saturated carbocycles. The lowest BCUT2D eigenvalue weighted by Crippen LogP contribution is -2.43. The summed E-state index contributed by atoms with van der Waals surface area (Å²) in [4.78, 5) is 22.7. The SMILES string of the molecule is COC(=O)C(CCC#N)NC(=O)OC(C)(C)C. The van der Waals surface area contributed by atoms with Crippen LogP contribution in [0.3, 0.4) is 0 Å². The van der Waals surface area contributed by atoms with Gasteiger partial charge in [0.1, 0.15) is 11.6 Å². The summed E-state index contributed by atoms with van der Waals surface area (Å²) in [7, 11) is 1.22. The van der Waals surface area contributed by atoms with Crippen molar-refractivity contribution in [2.24, 2.45) is 0 Å². The van der Waals surface area contributed by atoms with Crippen LogP contribution in [0.4, 0.5) is 4.79 Å². The van der Waals surface area contributed by atoms with Crippen LogP contribution in [0.25, 0.3) is 0 Å². The Kier molecular flexibility index (Phi) is 6.03. The topological polar surface area (TPSA) is 88.4 Å². The molecular formula is C11H18N2O4. The van der Waals surface area contributed by atoms with Crippen LogP contribution in [0.5, 0.6) is 0 Å². The number of rotatable bonds is 4. The third-order valence-electron chi connectivity index (χ3n) is 1.72. The Bertz CT molecular complexity index is 314. The molecule has 0 bridgehead atoms. The van der Waals surface area contributed by atoms with Gasteiger partial charge in [0, 0.05) is 6.42 Å². The quantitative estimate of drug-likeness (QED) is 0.752. The molecule has 0 rings (SSSR count).